The molecule has 0 bridgehead atoms. The predicted octanol–water partition coefficient (Wildman–Crippen LogP) is 4.32. The second kappa shape index (κ2) is 11.0. The zero-order chi connectivity index (χ0) is 21.3. The number of aryl methyl sites for hydroxylation is 1. The number of hydrogen-bond acceptors (Lipinski definition) is 6. The van der Waals surface area contributed by atoms with Crippen LogP contribution in [-0.2, 0) is 4.79 Å². The minimum absolute atomic E-state index is 0.105. The van der Waals surface area contributed by atoms with E-state index in [9.17, 15) is 4.79 Å². The molecule has 0 unspecified atom stereocenters. The number of anilines is 1. The van der Waals surface area contributed by atoms with Crippen LogP contribution in [0, 0.1) is 6.92 Å². The highest BCUT2D eigenvalue weighted by Gasteiger charge is 2.16. The van der Waals surface area contributed by atoms with Gasteiger partial charge in [0.2, 0.25) is 5.91 Å². The molecule has 2 heterocycles. The van der Waals surface area contributed by atoms with Gasteiger partial charge in [0.15, 0.2) is 0 Å². The fourth-order valence-electron chi connectivity index (χ4n) is 3.57. The molecule has 0 aliphatic rings. The molecule has 0 aliphatic carbocycles. The summed E-state index contributed by atoms with van der Waals surface area (Å²) >= 11 is 1.69. The van der Waals surface area contributed by atoms with E-state index in [-0.39, 0.29) is 5.91 Å². The standard InChI is InChI=1S/C23H31N5OS/c1-4-28(5-2)15-14-24-19(29)12-9-13-25-22-21-20(18-10-7-6-8-11-18)17(3)30-23(21)27-16-26-22/h6-8,10-11,16H,4-5,9,12-15H2,1-3H3,(H,24,29)(H,25,26,27). The minimum Gasteiger partial charge on any atom is -0.369 e. The van der Waals surface area contributed by atoms with Crippen LogP contribution in [0.5, 0.6) is 0 Å². The Kier molecular flexibility index (Phi) is 8.16. The Bertz CT molecular complexity index is 953. The molecule has 1 aromatic carbocycles. The molecule has 3 rings (SSSR count). The summed E-state index contributed by atoms with van der Waals surface area (Å²) in [5.41, 5.74) is 2.36. The molecule has 2 N–H and O–H groups in total. The molecule has 0 atom stereocenters. The van der Waals surface area contributed by atoms with E-state index >= 15 is 0 Å². The Hall–Kier alpha value is -2.51. The zero-order valence-electron chi connectivity index (χ0n) is 18.1. The summed E-state index contributed by atoms with van der Waals surface area (Å²) in [4.78, 5) is 25.6. The average Bonchev–Trinajstić information content (AvgIpc) is 3.11. The van der Waals surface area contributed by atoms with E-state index in [1.165, 1.54) is 16.0 Å². The van der Waals surface area contributed by atoms with Crippen LogP contribution in [0.4, 0.5) is 5.82 Å². The third-order valence-corrected chi connectivity index (χ3v) is 6.26. The van der Waals surface area contributed by atoms with Crippen LogP contribution in [0.3, 0.4) is 0 Å². The predicted molar refractivity (Wildman–Crippen MR) is 126 cm³/mol. The lowest BCUT2D eigenvalue weighted by Crippen LogP contribution is -2.34. The first-order valence-electron chi connectivity index (χ1n) is 10.7. The highest BCUT2D eigenvalue weighted by molar-refractivity contribution is 7.19. The van der Waals surface area contributed by atoms with Crippen molar-refractivity contribution in [2.75, 3.05) is 38.0 Å². The lowest BCUT2D eigenvalue weighted by Gasteiger charge is -2.17. The van der Waals surface area contributed by atoms with Gasteiger partial charge in [0.1, 0.15) is 17.0 Å². The van der Waals surface area contributed by atoms with Crippen molar-refractivity contribution in [1.29, 1.82) is 0 Å². The van der Waals surface area contributed by atoms with Crippen LogP contribution >= 0.6 is 11.3 Å². The number of amides is 1. The van der Waals surface area contributed by atoms with Crippen molar-refractivity contribution in [3.63, 3.8) is 0 Å². The number of aromatic nitrogens is 2. The number of thiophene rings is 1. The maximum Gasteiger partial charge on any atom is 0.220 e. The molecule has 0 fully saturated rings. The summed E-state index contributed by atoms with van der Waals surface area (Å²) in [5.74, 6) is 0.943. The maximum atomic E-state index is 12.1. The number of carbonyl (C=O) groups excluding carboxylic acids is 1. The van der Waals surface area contributed by atoms with E-state index < -0.39 is 0 Å². The van der Waals surface area contributed by atoms with E-state index in [2.05, 4.69) is 58.4 Å². The highest BCUT2D eigenvalue weighted by atomic mass is 32.1. The number of rotatable bonds is 11. The fourth-order valence-corrected chi connectivity index (χ4v) is 4.58. The molecule has 2 aromatic heterocycles. The smallest absolute Gasteiger partial charge is 0.220 e. The van der Waals surface area contributed by atoms with Crippen LogP contribution in [0.2, 0.25) is 0 Å². The normalized spacial score (nSPS) is 11.2. The van der Waals surface area contributed by atoms with E-state index in [0.717, 1.165) is 42.1 Å². The van der Waals surface area contributed by atoms with Gasteiger partial charge in [-0.25, -0.2) is 9.97 Å². The Morgan fingerprint density at radius 2 is 1.87 bits per heavy atom. The highest BCUT2D eigenvalue weighted by Crippen LogP contribution is 2.40. The number of nitrogens with zero attached hydrogens (tertiary/aromatic N) is 3. The number of nitrogens with one attached hydrogen (secondary N) is 2. The number of hydrogen-bond donors (Lipinski definition) is 2. The van der Waals surface area contributed by atoms with Gasteiger partial charge in [-0.3, -0.25) is 4.79 Å². The number of benzene rings is 1. The second-order valence-electron chi connectivity index (χ2n) is 7.21. The fraction of sp³-hybridized carbons (Fsp3) is 0.435. The van der Waals surface area contributed by atoms with E-state index in [4.69, 9.17) is 0 Å². The Balaban J connectivity index is 1.57. The van der Waals surface area contributed by atoms with Crippen LogP contribution in [0.1, 0.15) is 31.6 Å². The first kappa shape index (κ1) is 22.2. The van der Waals surface area contributed by atoms with Crippen LogP contribution in [0.25, 0.3) is 21.3 Å². The number of fused-ring (bicyclic) bond motifs is 1. The molecular formula is C23H31N5OS. The first-order valence-corrected chi connectivity index (χ1v) is 11.5. The molecule has 1 amide bonds. The quantitative estimate of drug-likeness (QED) is 0.448. The van der Waals surface area contributed by atoms with Crippen molar-refractivity contribution >= 4 is 33.3 Å². The van der Waals surface area contributed by atoms with Gasteiger partial charge in [-0.2, -0.15) is 0 Å². The maximum absolute atomic E-state index is 12.1. The van der Waals surface area contributed by atoms with Gasteiger partial charge < -0.3 is 15.5 Å². The van der Waals surface area contributed by atoms with Gasteiger partial charge in [-0.1, -0.05) is 44.2 Å². The van der Waals surface area contributed by atoms with Crippen molar-refractivity contribution in [3.05, 3.63) is 41.5 Å². The molecule has 0 spiro atoms. The van der Waals surface area contributed by atoms with Crippen LogP contribution in [-0.4, -0.2) is 53.5 Å². The van der Waals surface area contributed by atoms with Gasteiger partial charge in [-0.05, 0) is 32.0 Å². The minimum atomic E-state index is 0.105. The zero-order valence-corrected chi connectivity index (χ0v) is 18.9. The van der Waals surface area contributed by atoms with Gasteiger partial charge in [0.25, 0.3) is 0 Å². The van der Waals surface area contributed by atoms with E-state index in [1.807, 2.05) is 18.2 Å². The largest absolute Gasteiger partial charge is 0.369 e. The van der Waals surface area contributed by atoms with E-state index in [1.54, 1.807) is 17.7 Å². The summed E-state index contributed by atoms with van der Waals surface area (Å²) in [6, 6.07) is 10.4. The molecule has 30 heavy (non-hydrogen) atoms. The number of likely N-dealkylation sites (N-methyl/N-ethyl adjacent to an activating group) is 1. The topological polar surface area (TPSA) is 70.2 Å². The van der Waals surface area contributed by atoms with Crippen LogP contribution < -0.4 is 10.6 Å². The Labute approximate surface area is 182 Å². The van der Waals surface area contributed by atoms with Crippen molar-refractivity contribution in [2.24, 2.45) is 0 Å². The second-order valence-corrected chi connectivity index (χ2v) is 8.41. The molecule has 0 aliphatic heterocycles. The van der Waals surface area contributed by atoms with Crippen molar-refractivity contribution in [1.82, 2.24) is 20.2 Å². The molecule has 3 aromatic rings. The molecule has 0 saturated heterocycles. The lowest BCUT2D eigenvalue weighted by molar-refractivity contribution is -0.121. The molecular weight excluding hydrogens is 394 g/mol. The molecule has 7 heteroatoms. The van der Waals surface area contributed by atoms with E-state index in [0.29, 0.717) is 19.5 Å². The van der Waals surface area contributed by atoms with Gasteiger partial charge in [0, 0.05) is 36.5 Å². The summed E-state index contributed by atoms with van der Waals surface area (Å²) < 4.78 is 0. The summed E-state index contributed by atoms with van der Waals surface area (Å²) in [5, 5.41) is 7.50. The molecule has 0 saturated carbocycles. The monoisotopic (exact) mass is 425 g/mol. The Morgan fingerprint density at radius 1 is 1.10 bits per heavy atom. The summed E-state index contributed by atoms with van der Waals surface area (Å²) in [7, 11) is 0. The van der Waals surface area contributed by atoms with Crippen LogP contribution in [0.15, 0.2) is 36.7 Å². The van der Waals surface area contributed by atoms with Crippen molar-refractivity contribution in [2.45, 2.75) is 33.6 Å². The van der Waals surface area contributed by atoms with Gasteiger partial charge >= 0.3 is 0 Å². The Morgan fingerprint density at radius 3 is 2.60 bits per heavy atom. The molecule has 6 nitrogen and oxygen atoms in total. The van der Waals surface area contributed by atoms with Gasteiger partial charge in [-0.15, -0.1) is 11.3 Å². The molecule has 160 valence electrons. The SMILES string of the molecule is CCN(CC)CCNC(=O)CCCNc1ncnc2sc(C)c(-c3ccccc3)c12. The third kappa shape index (κ3) is 5.55. The van der Waals surface area contributed by atoms with Crippen molar-refractivity contribution in [3.8, 4) is 11.1 Å². The molecule has 0 radical (unpaired) electrons. The lowest BCUT2D eigenvalue weighted by atomic mass is 10.0. The average molecular weight is 426 g/mol. The van der Waals surface area contributed by atoms with Gasteiger partial charge in [0.05, 0.1) is 5.39 Å². The van der Waals surface area contributed by atoms with Crippen molar-refractivity contribution < 1.29 is 4.79 Å². The summed E-state index contributed by atoms with van der Waals surface area (Å²) in [6.07, 6.45) is 2.87. The third-order valence-electron chi connectivity index (χ3n) is 5.24. The summed E-state index contributed by atoms with van der Waals surface area (Å²) in [6.45, 7) is 10.7. The number of carbonyl (C=O) groups is 1. The first-order chi connectivity index (χ1) is 14.6.